The van der Waals surface area contributed by atoms with E-state index >= 15 is 0 Å². The molecule has 2 aromatic rings. The van der Waals surface area contributed by atoms with Gasteiger partial charge in [0.05, 0.1) is 11.4 Å². The van der Waals surface area contributed by atoms with E-state index in [9.17, 15) is 0 Å². The van der Waals surface area contributed by atoms with Gasteiger partial charge in [0, 0.05) is 0 Å². The van der Waals surface area contributed by atoms with Crippen molar-refractivity contribution in [2.75, 3.05) is 6.67 Å². The lowest BCUT2D eigenvalue weighted by molar-refractivity contribution is 0.916. The van der Waals surface area contributed by atoms with Crippen molar-refractivity contribution in [2.45, 2.75) is 6.92 Å². The Morgan fingerprint density at radius 2 is 1.57 bits per heavy atom. The van der Waals surface area contributed by atoms with Crippen molar-refractivity contribution in [3.63, 3.8) is 0 Å². The summed E-state index contributed by atoms with van der Waals surface area (Å²) in [7, 11) is 1.28. The fourth-order valence-corrected chi connectivity index (χ4v) is 1.50. The molecule has 0 fully saturated rings. The quantitative estimate of drug-likeness (QED) is 0.537. The van der Waals surface area contributed by atoms with Gasteiger partial charge in [-0.25, -0.2) is 10.1 Å². The highest BCUT2D eigenvalue weighted by molar-refractivity contribution is 6.29. The molecule has 0 aliphatic rings. The van der Waals surface area contributed by atoms with Crippen molar-refractivity contribution < 1.29 is 0 Å². The summed E-state index contributed by atoms with van der Waals surface area (Å²) >= 11 is 0. The molecule has 2 aromatic carbocycles. The van der Waals surface area contributed by atoms with Crippen molar-refractivity contribution in [1.82, 2.24) is 0 Å². The Bertz CT molecular complexity index is 639. The molecule has 0 spiro atoms. The fraction of sp³-hybridized carbons (Fsp3) is 0.143. The molecule has 103 valence electrons. The molecule has 0 saturated carbocycles. The van der Waals surface area contributed by atoms with Crippen LogP contribution in [0, 0.1) is 6.92 Å². The Labute approximate surface area is 124 Å². The lowest BCUT2D eigenvalue weighted by Gasteiger charge is -1.95. The maximum absolute atomic E-state index is 4.03. The molecule has 0 aliphatic heterocycles. The van der Waals surface area contributed by atoms with Crippen LogP contribution in [0.1, 0.15) is 5.56 Å². The first-order valence-corrected chi connectivity index (χ1v) is 6.43. The Kier molecular flexibility index (Phi) is 5.93. The molecule has 21 heavy (non-hydrogen) atoms. The molecule has 0 unspecified atom stereocenters. The van der Waals surface area contributed by atoms with Crippen molar-refractivity contribution in [3.8, 4) is 0 Å². The van der Waals surface area contributed by atoms with E-state index in [1.165, 1.54) is 7.55 Å². The summed E-state index contributed by atoms with van der Waals surface area (Å²) in [4.78, 5) is 0. The van der Waals surface area contributed by atoms with Crippen LogP contribution in [0.25, 0.3) is 0 Å². The lowest BCUT2D eigenvalue weighted by atomic mass is 10.2. The van der Waals surface area contributed by atoms with E-state index in [0.717, 1.165) is 16.9 Å². The van der Waals surface area contributed by atoms with E-state index in [1.807, 2.05) is 61.5 Å². The molecular weight excluding hydrogens is 263 g/mol. The summed E-state index contributed by atoms with van der Waals surface area (Å²) in [6.07, 6.45) is 0. The van der Waals surface area contributed by atoms with Crippen LogP contribution in [-0.4, -0.2) is 14.2 Å². The van der Waals surface area contributed by atoms with Crippen LogP contribution in [-0.2, 0) is 0 Å². The van der Waals surface area contributed by atoms with Crippen LogP contribution in [0.4, 0.5) is 11.4 Å². The molecule has 0 N–H and O–H groups in total. The highest BCUT2D eigenvalue weighted by Gasteiger charge is 1.92. The van der Waals surface area contributed by atoms with Crippen LogP contribution < -0.4 is 0 Å². The molecule has 0 amide bonds. The van der Waals surface area contributed by atoms with E-state index in [-0.39, 0.29) is 6.67 Å². The molecule has 0 aliphatic carbocycles. The van der Waals surface area contributed by atoms with Crippen LogP contribution in [0.5, 0.6) is 0 Å². The number of aryl methyl sites for hydroxylation is 1. The number of azo groups is 1. The van der Waals surface area contributed by atoms with Gasteiger partial charge in [-0.05, 0) is 30.7 Å². The molecule has 2 rings (SSSR count). The Morgan fingerprint density at radius 1 is 0.810 bits per heavy atom. The highest BCUT2D eigenvalue weighted by atomic mass is 15.2. The van der Waals surface area contributed by atoms with Gasteiger partial charge >= 0.3 is 7.55 Å². The predicted octanol–water partition coefficient (Wildman–Crippen LogP) is 4.81. The summed E-state index contributed by atoms with van der Waals surface area (Å²) in [6, 6.07) is 17.2. The second-order valence-corrected chi connectivity index (χ2v) is 4.09. The molecule has 0 saturated heterocycles. The molecule has 6 nitrogen and oxygen atoms in total. The molecule has 1 radical (unpaired) electrons. The molecule has 0 heterocycles. The average Bonchev–Trinajstić information content (AvgIpc) is 2.52. The second-order valence-electron chi connectivity index (χ2n) is 4.09. The largest absolute Gasteiger partial charge is 0.485 e. The van der Waals surface area contributed by atoms with E-state index in [2.05, 4.69) is 30.5 Å². The van der Waals surface area contributed by atoms with Crippen LogP contribution in [0.2, 0.25) is 0 Å². The zero-order valence-corrected chi connectivity index (χ0v) is 11.7. The van der Waals surface area contributed by atoms with Gasteiger partial charge < -0.3 is 0 Å². The van der Waals surface area contributed by atoms with Crippen LogP contribution in [0.3, 0.4) is 0 Å². The number of rotatable bonds is 6. The summed E-state index contributed by atoms with van der Waals surface area (Å²) < 4.78 is 0. The first-order chi connectivity index (χ1) is 10.4. The third kappa shape index (κ3) is 5.44. The standard InChI is InChI=1S/C14H14BN6/c1-12-7-5-6-10-14(12)19-21-15-20-17-11-16-18-13-8-3-2-4-9-13/h2-10H,11H2,1H3. The number of nitrogens with zero attached hydrogens (tertiary/aromatic N) is 6. The van der Waals surface area contributed by atoms with E-state index in [4.69, 9.17) is 0 Å². The minimum Gasteiger partial charge on any atom is -0.226 e. The van der Waals surface area contributed by atoms with Gasteiger partial charge in [0.15, 0.2) is 6.67 Å². The van der Waals surface area contributed by atoms with Crippen molar-refractivity contribution in [1.29, 1.82) is 0 Å². The zero-order chi connectivity index (χ0) is 14.8. The lowest BCUT2D eigenvalue weighted by Crippen LogP contribution is -1.78. The van der Waals surface area contributed by atoms with Gasteiger partial charge in [-0.3, -0.25) is 0 Å². The topological polar surface area (TPSA) is 74.2 Å². The SMILES string of the molecule is Cc1ccccc1N=N[B]N=NCN=Nc1ccccc1. The van der Waals surface area contributed by atoms with Gasteiger partial charge in [-0.2, -0.15) is 20.5 Å². The Hall–Kier alpha value is -2.70. The van der Waals surface area contributed by atoms with E-state index < -0.39 is 0 Å². The molecular formula is C14H14BN6. The van der Waals surface area contributed by atoms with Gasteiger partial charge in [0.1, 0.15) is 0 Å². The maximum Gasteiger partial charge on any atom is 0.485 e. The number of benzene rings is 2. The number of hydrogen-bond donors (Lipinski definition) is 0. The predicted molar refractivity (Wildman–Crippen MR) is 82.1 cm³/mol. The van der Waals surface area contributed by atoms with Gasteiger partial charge in [-0.15, -0.1) is 0 Å². The Balaban J connectivity index is 1.71. The van der Waals surface area contributed by atoms with Crippen LogP contribution >= 0.6 is 0 Å². The minimum atomic E-state index is 0.158. The summed E-state index contributed by atoms with van der Waals surface area (Å²) in [5, 5.41) is 23.3. The van der Waals surface area contributed by atoms with Crippen molar-refractivity contribution in [2.24, 2.45) is 30.5 Å². The molecule has 0 atom stereocenters. The van der Waals surface area contributed by atoms with E-state index in [0.29, 0.717) is 0 Å². The van der Waals surface area contributed by atoms with Gasteiger partial charge in [0.2, 0.25) is 0 Å². The first-order valence-electron chi connectivity index (χ1n) is 6.43. The molecule has 0 aromatic heterocycles. The smallest absolute Gasteiger partial charge is 0.226 e. The van der Waals surface area contributed by atoms with Crippen LogP contribution in [0.15, 0.2) is 85.1 Å². The molecule has 0 bridgehead atoms. The van der Waals surface area contributed by atoms with Crippen molar-refractivity contribution >= 4 is 18.9 Å². The maximum atomic E-state index is 4.03. The third-order valence-corrected chi connectivity index (χ3v) is 2.53. The van der Waals surface area contributed by atoms with Crippen molar-refractivity contribution in [3.05, 3.63) is 60.2 Å². The molecule has 7 heteroatoms. The second kappa shape index (κ2) is 8.47. The average molecular weight is 277 g/mol. The Morgan fingerprint density at radius 3 is 2.38 bits per heavy atom. The number of hydrogen-bond acceptors (Lipinski definition) is 6. The minimum absolute atomic E-state index is 0.158. The summed E-state index contributed by atoms with van der Waals surface area (Å²) in [5.41, 5.74) is 2.66. The summed E-state index contributed by atoms with van der Waals surface area (Å²) in [6.45, 7) is 2.13. The van der Waals surface area contributed by atoms with Gasteiger partial charge in [-0.1, -0.05) is 36.4 Å². The fourth-order valence-electron chi connectivity index (χ4n) is 1.50. The van der Waals surface area contributed by atoms with E-state index in [1.54, 1.807) is 0 Å². The zero-order valence-electron chi connectivity index (χ0n) is 11.7. The first kappa shape index (κ1) is 14.7. The summed E-state index contributed by atoms with van der Waals surface area (Å²) in [5.74, 6) is 0. The normalized spacial score (nSPS) is 11.7. The third-order valence-electron chi connectivity index (χ3n) is 2.53. The highest BCUT2D eigenvalue weighted by Crippen LogP contribution is 2.16. The monoisotopic (exact) mass is 277 g/mol. The van der Waals surface area contributed by atoms with Gasteiger partial charge in [0.25, 0.3) is 0 Å².